The standard InChI is InChI=1S/C9H7Br2ClO/c1-5-4-6(2-3-7(5)12)8(13)9(10)11/h2-4,9H,1H3. The number of Topliss-reactive ketones (excluding diaryl/α,β-unsaturated/α-hetero) is 1. The van der Waals surface area contributed by atoms with Crippen LogP contribution in [-0.2, 0) is 0 Å². The maximum absolute atomic E-state index is 11.5. The molecule has 0 unspecified atom stereocenters. The van der Waals surface area contributed by atoms with E-state index >= 15 is 0 Å². The Bertz CT molecular complexity index is 336. The van der Waals surface area contributed by atoms with Gasteiger partial charge in [0.05, 0.1) is 0 Å². The van der Waals surface area contributed by atoms with Gasteiger partial charge in [0.15, 0.2) is 5.78 Å². The summed E-state index contributed by atoms with van der Waals surface area (Å²) >= 11 is 12.1. The molecule has 0 aliphatic carbocycles. The van der Waals surface area contributed by atoms with E-state index in [0.717, 1.165) is 5.56 Å². The molecule has 1 nitrogen and oxygen atoms in total. The fourth-order valence-electron chi connectivity index (χ4n) is 0.924. The van der Waals surface area contributed by atoms with Crippen LogP contribution in [0.2, 0.25) is 5.02 Å². The molecular weight excluding hydrogens is 319 g/mol. The first-order valence-electron chi connectivity index (χ1n) is 3.61. The molecule has 0 spiro atoms. The van der Waals surface area contributed by atoms with Crippen LogP contribution in [0, 0.1) is 6.92 Å². The van der Waals surface area contributed by atoms with E-state index in [9.17, 15) is 4.79 Å². The average Bonchev–Trinajstić information content (AvgIpc) is 2.08. The first-order valence-corrected chi connectivity index (χ1v) is 5.82. The van der Waals surface area contributed by atoms with E-state index in [1.807, 2.05) is 6.92 Å². The van der Waals surface area contributed by atoms with Gasteiger partial charge in [0.2, 0.25) is 0 Å². The first-order chi connectivity index (χ1) is 6.02. The molecule has 0 aliphatic rings. The molecule has 1 rings (SSSR count). The Labute approximate surface area is 98.7 Å². The fourth-order valence-corrected chi connectivity index (χ4v) is 1.57. The molecule has 0 saturated heterocycles. The van der Waals surface area contributed by atoms with E-state index in [1.165, 1.54) is 0 Å². The summed E-state index contributed by atoms with van der Waals surface area (Å²) in [6.07, 6.45) is 0. The molecule has 0 aliphatic heterocycles. The average molecular weight is 326 g/mol. The third-order valence-corrected chi connectivity index (χ3v) is 2.90. The normalized spacial score (nSPS) is 10.5. The smallest absolute Gasteiger partial charge is 0.187 e. The highest BCUT2D eigenvalue weighted by Crippen LogP contribution is 2.20. The van der Waals surface area contributed by atoms with E-state index in [2.05, 4.69) is 31.9 Å². The number of hydrogen-bond donors (Lipinski definition) is 0. The summed E-state index contributed by atoms with van der Waals surface area (Å²) in [5.41, 5.74) is 1.56. The summed E-state index contributed by atoms with van der Waals surface area (Å²) in [5, 5.41) is 0.678. The van der Waals surface area contributed by atoms with E-state index in [4.69, 9.17) is 11.6 Å². The molecular formula is C9H7Br2ClO. The molecule has 0 saturated carbocycles. The predicted molar refractivity (Wildman–Crippen MR) is 62.2 cm³/mol. The topological polar surface area (TPSA) is 17.1 Å². The fraction of sp³-hybridized carbons (Fsp3) is 0.222. The van der Waals surface area contributed by atoms with Gasteiger partial charge >= 0.3 is 0 Å². The zero-order valence-electron chi connectivity index (χ0n) is 6.85. The molecule has 4 heteroatoms. The Morgan fingerprint density at radius 3 is 2.54 bits per heavy atom. The highest BCUT2D eigenvalue weighted by atomic mass is 79.9. The molecule has 0 heterocycles. The number of rotatable bonds is 2. The van der Waals surface area contributed by atoms with E-state index in [0.29, 0.717) is 10.6 Å². The van der Waals surface area contributed by atoms with Crippen molar-refractivity contribution in [2.45, 2.75) is 10.7 Å². The lowest BCUT2D eigenvalue weighted by Crippen LogP contribution is -2.06. The highest BCUT2D eigenvalue weighted by molar-refractivity contribution is 9.25. The molecule has 1 aromatic rings. The minimum Gasteiger partial charge on any atom is -0.292 e. The van der Waals surface area contributed by atoms with Crippen molar-refractivity contribution in [3.63, 3.8) is 0 Å². The monoisotopic (exact) mass is 324 g/mol. The maximum Gasteiger partial charge on any atom is 0.187 e. The number of halogens is 3. The number of aryl methyl sites for hydroxylation is 1. The summed E-state index contributed by atoms with van der Waals surface area (Å²) in [4.78, 5) is 11.5. The predicted octanol–water partition coefficient (Wildman–Crippen LogP) is 3.95. The minimum absolute atomic E-state index is 0.000216. The Morgan fingerprint density at radius 1 is 1.46 bits per heavy atom. The van der Waals surface area contributed by atoms with Gasteiger partial charge in [-0.05, 0) is 30.7 Å². The Balaban J connectivity index is 3.04. The van der Waals surface area contributed by atoms with Crippen molar-refractivity contribution >= 4 is 49.2 Å². The van der Waals surface area contributed by atoms with Gasteiger partial charge in [-0.25, -0.2) is 0 Å². The van der Waals surface area contributed by atoms with Crippen LogP contribution in [0.3, 0.4) is 0 Å². The van der Waals surface area contributed by atoms with Crippen LogP contribution in [0.4, 0.5) is 0 Å². The summed E-state index contributed by atoms with van der Waals surface area (Å²) in [6.45, 7) is 1.87. The van der Waals surface area contributed by atoms with Gasteiger partial charge in [-0.3, -0.25) is 4.79 Å². The number of alkyl halides is 2. The Kier molecular flexibility index (Phi) is 3.95. The van der Waals surface area contributed by atoms with E-state index < -0.39 is 0 Å². The van der Waals surface area contributed by atoms with Crippen molar-refractivity contribution in [2.75, 3.05) is 0 Å². The third kappa shape index (κ3) is 2.79. The SMILES string of the molecule is Cc1cc(C(=O)C(Br)Br)ccc1Cl. The van der Waals surface area contributed by atoms with Crippen LogP contribution < -0.4 is 0 Å². The van der Waals surface area contributed by atoms with Crippen LogP contribution in [0.25, 0.3) is 0 Å². The van der Waals surface area contributed by atoms with Gasteiger partial charge in [0.1, 0.15) is 3.74 Å². The van der Waals surface area contributed by atoms with Crippen LogP contribution in [0.5, 0.6) is 0 Å². The zero-order chi connectivity index (χ0) is 10.0. The van der Waals surface area contributed by atoms with Crippen molar-refractivity contribution in [1.29, 1.82) is 0 Å². The summed E-state index contributed by atoms with van der Waals surface area (Å²) < 4.78 is -0.333. The van der Waals surface area contributed by atoms with Crippen LogP contribution in [0.15, 0.2) is 18.2 Å². The van der Waals surface area contributed by atoms with Crippen molar-refractivity contribution in [3.05, 3.63) is 34.3 Å². The van der Waals surface area contributed by atoms with Crippen molar-refractivity contribution in [3.8, 4) is 0 Å². The zero-order valence-corrected chi connectivity index (χ0v) is 10.8. The molecule has 0 N–H and O–H groups in total. The molecule has 0 radical (unpaired) electrons. The Morgan fingerprint density at radius 2 is 2.08 bits per heavy atom. The number of carbonyl (C=O) groups is 1. The number of ketones is 1. The summed E-state index contributed by atoms with van der Waals surface area (Å²) in [5.74, 6) is -0.000216. The van der Waals surface area contributed by atoms with E-state index in [-0.39, 0.29) is 9.52 Å². The lowest BCUT2D eigenvalue weighted by Gasteiger charge is -2.03. The summed E-state index contributed by atoms with van der Waals surface area (Å²) in [6, 6.07) is 5.22. The van der Waals surface area contributed by atoms with Gasteiger partial charge < -0.3 is 0 Å². The number of benzene rings is 1. The highest BCUT2D eigenvalue weighted by Gasteiger charge is 2.13. The van der Waals surface area contributed by atoms with Gasteiger partial charge in [-0.1, -0.05) is 43.5 Å². The second-order valence-corrected chi connectivity index (χ2v) is 6.10. The minimum atomic E-state index is -0.333. The Hall–Kier alpha value is 0.140. The molecule has 0 fully saturated rings. The molecule has 1 aromatic carbocycles. The maximum atomic E-state index is 11.5. The largest absolute Gasteiger partial charge is 0.292 e. The first kappa shape index (κ1) is 11.2. The molecule has 0 aromatic heterocycles. The van der Waals surface area contributed by atoms with Gasteiger partial charge in [0.25, 0.3) is 0 Å². The molecule has 0 amide bonds. The van der Waals surface area contributed by atoms with Gasteiger partial charge in [-0.2, -0.15) is 0 Å². The van der Waals surface area contributed by atoms with Crippen LogP contribution in [-0.4, -0.2) is 9.52 Å². The molecule has 70 valence electrons. The van der Waals surface area contributed by atoms with Crippen LogP contribution >= 0.6 is 43.5 Å². The third-order valence-electron chi connectivity index (χ3n) is 1.64. The quantitative estimate of drug-likeness (QED) is 0.594. The second kappa shape index (κ2) is 4.58. The lowest BCUT2D eigenvalue weighted by atomic mass is 10.1. The second-order valence-electron chi connectivity index (χ2n) is 2.63. The van der Waals surface area contributed by atoms with Crippen molar-refractivity contribution in [1.82, 2.24) is 0 Å². The summed E-state index contributed by atoms with van der Waals surface area (Å²) in [7, 11) is 0. The molecule has 0 atom stereocenters. The molecule has 0 bridgehead atoms. The number of carbonyl (C=O) groups excluding carboxylic acids is 1. The van der Waals surface area contributed by atoms with E-state index in [1.54, 1.807) is 18.2 Å². The lowest BCUT2D eigenvalue weighted by molar-refractivity contribution is 0.101. The van der Waals surface area contributed by atoms with Gasteiger partial charge in [0, 0.05) is 10.6 Å². The molecule has 13 heavy (non-hydrogen) atoms. The number of hydrogen-bond acceptors (Lipinski definition) is 1. The van der Waals surface area contributed by atoms with Gasteiger partial charge in [-0.15, -0.1) is 0 Å². The van der Waals surface area contributed by atoms with Crippen molar-refractivity contribution in [2.24, 2.45) is 0 Å². The van der Waals surface area contributed by atoms with Crippen molar-refractivity contribution < 1.29 is 4.79 Å². The van der Waals surface area contributed by atoms with Crippen LogP contribution in [0.1, 0.15) is 15.9 Å².